The van der Waals surface area contributed by atoms with Crippen LogP contribution in [0.1, 0.15) is 71.1 Å². The third-order valence-corrected chi connectivity index (χ3v) is 7.48. The van der Waals surface area contributed by atoms with Gasteiger partial charge in [-0.15, -0.1) is 0 Å². The van der Waals surface area contributed by atoms with Crippen molar-refractivity contribution in [3.05, 3.63) is 108 Å². The summed E-state index contributed by atoms with van der Waals surface area (Å²) in [4.78, 5) is 2.55. The Balaban J connectivity index is 1.74. The minimum Gasteiger partial charge on any atom is -0.336 e. The topological polar surface area (TPSA) is 3.24 Å². The lowest BCUT2D eigenvalue weighted by molar-refractivity contribution is 0.556. The van der Waals surface area contributed by atoms with Gasteiger partial charge in [-0.05, 0) is 89.9 Å². The number of hydrogen-bond acceptors (Lipinski definition) is 1. The number of anilines is 2. The Morgan fingerprint density at radius 3 is 2.00 bits per heavy atom. The molecule has 0 spiro atoms. The van der Waals surface area contributed by atoms with Crippen molar-refractivity contribution in [2.75, 3.05) is 4.90 Å². The standard InChI is InChI=1S/C34H37N/c1-23(2)28-21-29-27-18-11-12-19-30(27)34(6,7)31(29)22-32(28)35(33(3,4)5)26-17-13-16-25(20-26)24-14-9-8-10-15-24/h8-23H,1-7H3. The fraction of sp³-hybridized carbons (Fsp3) is 0.294. The van der Waals surface area contributed by atoms with E-state index in [0.29, 0.717) is 5.92 Å². The molecule has 1 heteroatoms. The van der Waals surface area contributed by atoms with E-state index >= 15 is 0 Å². The molecule has 1 aliphatic carbocycles. The zero-order valence-electron chi connectivity index (χ0n) is 22.2. The van der Waals surface area contributed by atoms with Crippen LogP contribution in [0.5, 0.6) is 0 Å². The number of benzene rings is 4. The van der Waals surface area contributed by atoms with E-state index in [4.69, 9.17) is 0 Å². The van der Waals surface area contributed by atoms with Gasteiger partial charge in [-0.2, -0.15) is 0 Å². The normalized spacial score (nSPS) is 14.1. The third-order valence-electron chi connectivity index (χ3n) is 7.48. The zero-order valence-corrected chi connectivity index (χ0v) is 22.2. The van der Waals surface area contributed by atoms with Crippen LogP contribution >= 0.6 is 0 Å². The molecule has 1 aliphatic rings. The van der Waals surface area contributed by atoms with Crippen LogP contribution in [0, 0.1) is 0 Å². The van der Waals surface area contributed by atoms with Crippen LogP contribution in [0.25, 0.3) is 22.3 Å². The summed E-state index contributed by atoms with van der Waals surface area (Å²) in [6, 6.07) is 33.6. The van der Waals surface area contributed by atoms with Gasteiger partial charge in [0.2, 0.25) is 0 Å². The van der Waals surface area contributed by atoms with Gasteiger partial charge in [0.25, 0.3) is 0 Å². The van der Waals surface area contributed by atoms with Crippen molar-refractivity contribution in [2.24, 2.45) is 0 Å². The molecule has 4 aromatic carbocycles. The van der Waals surface area contributed by atoms with Gasteiger partial charge in [0.15, 0.2) is 0 Å². The van der Waals surface area contributed by atoms with E-state index in [9.17, 15) is 0 Å². The molecular weight excluding hydrogens is 422 g/mol. The lowest BCUT2D eigenvalue weighted by Crippen LogP contribution is -2.38. The molecule has 4 aromatic rings. The van der Waals surface area contributed by atoms with Crippen molar-refractivity contribution in [3.63, 3.8) is 0 Å². The highest BCUT2D eigenvalue weighted by atomic mass is 15.2. The van der Waals surface area contributed by atoms with E-state index in [1.165, 1.54) is 50.3 Å². The maximum atomic E-state index is 2.55. The second kappa shape index (κ2) is 8.41. The molecule has 0 N–H and O–H groups in total. The van der Waals surface area contributed by atoms with E-state index < -0.39 is 0 Å². The molecule has 0 unspecified atom stereocenters. The van der Waals surface area contributed by atoms with Crippen molar-refractivity contribution in [2.45, 2.75) is 65.3 Å². The van der Waals surface area contributed by atoms with Crippen molar-refractivity contribution in [3.8, 4) is 22.3 Å². The summed E-state index contributed by atoms with van der Waals surface area (Å²) >= 11 is 0. The first-order chi connectivity index (χ1) is 16.6. The van der Waals surface area contributed by atoms with Gasteiger partial charge in [0, 0.05) is 22.3 Å². The van der Waals surface area contributed by atoms with Crippen LogP contribution in [0.3, 0.4) is 0 Å². The van der Waals surface area contributed by atoms with E-state index in [0.717, 1.165) is 0 Å². The Morgan fingerprint density at radius 2 is 1.31 bits per heavy atom. The summed E-state index contributed by atoms with van der Waals surface area (Å²) in [5.41, 5.74) is 12.0. The van der Waals surface area contributed by atoms with Gasteiger partial charge in [-0.3, -0.25) is 0 Å². The average Bonchev–Trinajstić information content (AvgIpc) is 3.05. The summed E-state index contributed by atoms with van der Waals surface area (Å²) in [7, 11) is 0. The number of nitrogens with zero attached hydrogens (tertiary/aromatic N) is 1. The van der Waals surface area contributed by atoms with E-state index in [-0.39, 0.29) is 11.0 Å². The number of rotatable bonds is 4. The van der Waals surface area contributed by atoms with Gasteiger partial charge in [-0.25, -0.2) is 0 Å². The second-order valence-electron chi connectivity index (χ2n) is 11.7. The molecule has 1 nitrogen and oxygen atoms in total. The Labute approximate surface area is 211 Å². The summed E-state index contributed by atoms with van der Waals surface area (Å²) < 4.78 is 0. The lowest BCUT2D eigenvalue weighted by Gasteiger charge is -2.40. The van der Waals surface area contributed by atoms with Crippen molar-refractivity contribution < 1.29 is 0 Å². The van der Waals surface area contributed by atoms with Crippen LogP contribution in [0.4, 0.5) is 11.4 Å². The predicted octanol–water partition coefficient (Wildman–Crippen LogP) is 9.72. The second-order valence-corrected chi connectivity index (χ2v) is 11.7. The van der Waals surface area contributed by atoms with Crippen LogP contribution in [-0.2, 0) is 5.41 Å². The average molecular weight is 460 g/mol. The van der Waals surface area contributed by atoms with Gasteiger partial charge >= 0.3 is 0 Å². The lowest BCUT2D eigenvalue weighted by atomic mass is 9.81. The van der Waals surface area contributed by atoms with E-state index in [1.807, 2.05) is 0 Å². The summed E-state index contributed by atoms with van der Waals surface area (Å²) in [5.74, 6) is 0.410. The number of fused-ring (bicyclic) bond motifs is 3. The van der Waals surface area contributed by atoms with Gasteiger partial charge in [0.1, 0.15) is 0 Å². The minimum atomic E-state index is -0.0945. The Bertz CT molecular complexity index is 1370. The third kappa shape index (κ3) is 3.97. The Morgan fingerprint density at radius 1 is 0.657 bits per heavy atom. The molecule has 178 valence electrons. The van der Waals surface area contributed by atoms with Crippen LogP contribution in [0.15, 0.2) is 91.0 Å². The molecule has 0 fully saturated rings. The fourth-order valence-corrected chi connectivity index (χ4v) is 5.75. The highest BCUT2D eigenvalue weighted by Crippen LogP contribution is 2.52. The Kier molecular flexibility index (Phi) is 5.63. The summed E-state index contributed by atoms with van der Waals surface area (Å²) in [6.07, 6.45) is 0. The zero-order chi connectivity index (χ0) is 25.0. The molecule has 0 bridgehead atoms. The van der Waals surface area contributed by atoms with E-state index in [1.54, 1.807) is 0 Å². The maximum Gasteiger partial charge on any atom is 0.0454 e. The molecule has 0 saturated carbocycles. The highest BCUT2D eigenvalue weighted by Gasteiger charge is 2.37. The molecule has 0 aromatic heterocycles. The molecule has 35 heavy (non-hydrogen) atoms. The SMILES string of the molecule is CC(C)c1cc2c(cc1N(c1cccc(-c3ccccc3)c1)C(C)(C)C)C(C)(C)c1ccccc1-2. The first kappa shape index (κ1) is 23.4. The first-order valence-corrected chi connectivity index (χ1v) is 12.8. The molecule has 0 saturated heterocycles. The van der Waals surface area contributed by atoms with Gasteiger partial charge < -0.3 is 4.90 Å². The van der Waals surface area contributed by atoms with Crippen LogP contribution in [-0.4, -0.2) is 5.54 Å². The van der Waals surface area contributed by atoms with Crippen LogP contribution < -0.4 is 4.90 Å². The quantitative estimate of drug-likeness (QED) is 0.293. The maximum absolute atomic E-state index is 2.55. The highest BCUT2D eigenvalue weighted by molar-refractivity contribution is 5.85. The van der Waals surface area contributed by atoms with Gasteiger partial charge in [0.05, 0.1) is 0 Å². The molecule has 0 amide bonds. The molecule has 5 rings (SSSR count). The number of hydrogen-bond donors (Lipinski definition) is 0. The van der Waals surface area contributed by atoms with Crippen molar-refractivity contribution in [1.82, 2.24) is 0 Å². The summed E-state index contributed by atoms with van der Waals surface area (Å²) in [6.45, 7) is 16.3. The minimum absolute atomic E-state index is 0.0222. The molecule has 0 atom stereocenters. The van der Waals surface area contributed by atoms with Crippen molar-refractivity contribution >= 4 is 11.4 Å². The van der Waals surface area contributed by atoms with Crippen molar-refractivity contribution in [1.29, 1.82) is 0 Å². The monoisotopic (exact) mass is 459 g/mol. The molecule has 0 heterocycles. The fourth-order valence-electron chi connectivity index (χ4n) is 5.75. The molecule has 0 aliphatic heterocycles. The predicted molar refractivity (Wildman–Crippen MR) is 152 cm³/mol. The molecular formula is C34H37N. The Hall–Kier alpha value is -3.32. The first-order valence-electron chi connectivity index (χ1n) is 12.8. The van der Waals surface area contributed by atoms with Gasteiger partial charge in [-0.1, -0.05) is 94.4 Å². The largest absolute Gasteiger partial charge is 0.336 e. The molecule has 0 radical (unpaired) electrons. The van der Waals surface area contributed by atoms with E-state index in [2.05, 4.69) is 144 Å². The smallest absolute Gasteiger partial charge is 0.0454 e. The summed E-state index contributed by atoms with van der Waals surface area (Å²) in [5, 5.41) is 0. The van der Waals surface area contributed by atoms with Crippen LogP contribution in [0.2, 0.25) is 0 Å².